The fourth-order valence-electron chi connectivity index (χ4n) is 2.79. The topological polar surface area (TPSA) is 58.4 Å². The van der Waals surface area contributed by atoms with Crippen LogP contribution in [0, 0.1) is 0 Å². The summed E-state index contributed by atoms with van der Waals surface area (Å²) >= 11 is 0.338. The first-order valence-corrected chi connectivity index (χ1v) is 8.28. The number of para-hydroxylation sites is 2. The fraction of sp³-hybridized carbons (Fsp3) is 0.467. The molecule has 0 aliphatic carbocycles. The van der Waals surface area contributed by atoms with Gasteiger partial charge in [-0.05, 0) is 36.7 Å². The van der Waals surface area contributed by atoms with Gasteiger partial charge in [-0.2, -0.15) is 8.78 Å². The van der Waals surface area contributed by atoms with Crippen LogP contribution in [-0.2, 0) is 11.3 Å². The first kappa shape index (κ1) is 16.2. The molecule has 5 nitrogen and oxygen atoms in total. The average molecular weight is 341 g/mol. The van der Waals surface area contributed by atoms with Gasteiger partial charge in [0, 0.05) is 13.1 Å². The Kier molecular flexibility index (Phi) is 4.82. The van der Waals surface area contributed by atoms with Crippen LogP contribution < -0.4 is 0 Å². The lowest BCUT2D eigenvalue weighted by Crippen LogP contribution is -2.43. The number of hydrogen-bond donors (Lipinski definition) is 1. The van der Waals surface area contributed by atoms with Crippen molar-refractivity contribution < 1.29 is 18.7 Å². The van der Waals surface area contributed by atoms with Crippen LogP contribution in [0.15, 0.2) is 29.4 Å². The molecular formula is C15H17F2N3O2S. The van der Waals surface area contributed by atoms with Crippen molar-refractivity contribution in [1.29, 1.82) is 0 Å². The van der Waals surface area contributed by atoms with Crippen LogP contribution in [0.25, 0.3) is 11.0 Å². The van der Waals surface area contributed by atoms with Crippen molar-refractivity contribution in [3.63, 3.8) is 0 Å². The molecule has 2 heterocycles. The number of piperidine rings is 1. The zero-order valence-electron chi connectivity index (χ0n) is 12.4. The molecule has 1 amide bonds. The van der Waals surface area contributed by atoms with Crippen molar-refractivity contribution in [3.8, 4) is 0 Å². The van der Waals surface area contributed by atoms with Gasteiger partial charge in [0.05, 0.1) is 17.1 Å². The quantitative estimate of drug-likeness (QED) is 0.867. The number of β-amino-alcohol motifs (C(OH)–C–C–N with tert-alkyl or cyclic N) is 1. The third-order valence-corrected chi connectivity index (χ3v) is 4.56. The van der Waals surface area contributed by atoms with Gasteiger partial charge in [0.15, 0.2) is 5.16 Å². The molecule has 2 aromatic rings. The number of thioether (sulfide) groups is 1. The number of fused-ring (bicyclic) bond motifs is 1. The van der Waals surface area contributed by atoms with E-state index in [0.717, 1.165) is 6.42 Å². The Bertz CT molecular complexity index is 707. The SMILES string of the molecule is O=C(Cn1c(SC(F)F)nc2ccccc21)N1CCCC(O)C1. The largest absolute Gasteiger partial charge is 0.391 e. The highest BCUT2D eigenvalue weighted by Gasteiger charge is 2.24. The summed E-state index contributed by atoms with van der Waals surface area (Å²) in [4.78, 5) is 18.2. The Labute approximate surface area is 136 Å². The second-order valence-electron chi connectivity index (χ2n) is 5.48. The molecule has 1 unspecified atom stereocenters. The van der Waals surface area contributed by atoms with Gasteiger partial charge in [0.1, 0.15) is 6.54 Å². The first-order chi connectivity index (χ1) is 11.0. The minimum atomic E-state index is -2.60. The predicted octanol–water partition coefficient (Wildman–Crippen LogP) is 2.33. The number of aliphatic hydroxyl groups is 1. The van der Waals surface area contributed by atoms with Crippen molar-refractivity contribution in [2.45, 2.75) is 36.4 Å². The number of nitrogens with zero attached hydrogens (tertiary/aromatic N) is 3. The van der Waals surface area contributed by atoms with E-state index in [-0.39, 0.29) is 17.6 Å². The van der Waals surface area contributed by atoms with Crippen molar-refractivity contribution in [2.75, 3.05) is 13.1 Å². The second-order valence-corrected chi connectivity index (χ2v) is 6.44. The number of rotatable bonds is 4. The van der Waals surface area contributed by atoms with Crippen molar-refractivity contribution >= 4 is 28.7 Å². The van der Waals surface area contributed by atoms with Gasteiger partial charge < -0.3 is 14.6 Å². The van der Waals surface area contributed by atoms with Crippen LogP contribution in [0.4, 0.5) is 8.78 Å². The molecule has 124 valence electrons. The normalized spacial score (nSPS) is 18.8. The van der Waals surface area contributed by atoms with Crippen LogP contribution in [0.2, 0.25) is 0 Å². The third kappa shape index (κ3) is 3.64. The maximum absolute atomic E-state index is 12.8. The highest BCUT2D eigenvalue weighted by atomic mass is 32.2. The summed E-state index contributed by atoms with van der Waals surface area (Å²) in [6, 6.07) is 7.05. The summed E-state index contributed by atoms with van der Waals surface area (Å²) in [5.74, 6) is -2.79. The second kappa shape index (κ2) is 6.84. The standard InChI is InChI=1S/C15H17F2N3O2S/c16-14(17)23-15-18-11-5-1-2-6-12(11)20(15)9-13(22)19-7-3-4-10(21)8-19/h1-2,5-6,10,14,21H,3-4,7-9H2. The number of likely N-dealkylation sites (tertiary alicyclic amines) is 1. The monoisotopic (exact) mass is 341 g/mol. The number of aromatic nitrogens is 2. The summed E-state index contributed by atoms with van der Waals surface area (Å²) in [5.41, 5.74) is 1.24. The molecule has 1 aromatic carbocycles. The smallest absolute Gasteiger partial charge is 0.291 e. The molecule has 1 aromatic heterocycles. The number of aliphatic hydroxyl groups excluding tert-OH is 1. The highest BCUT2D eigenvalue weighted by molar-refractivity contribution is 7.99. The minimum absolute atomic E-state index is 0.0533. The van der Waals surface area contributed by atoms with Crippen LogP contribution in [0.1, 0.15) is 12.8 Å². The molecule has 1 fully saturated rings. The number of benzene rings is 1. The van der Waals surface area contributed by atoms with Crippen LogP contribution in [0.5, 0.6) is 0 Å². The van der Waals surface area contributed by atoms with Gasteiger partial charge in [0.2, 0.25) is 5.91 Å². The highest BCUT2D eigenvalue weighted by Crippen LogP contribution is 2.28. The number of carbonyl (C=O) groups excluding carboxylic acids is 1. The molecule has 23 heavy (non-hydrogen) atoms. The minimum Gasteiger partial charge on any atom is -0.391 e. The number of halogens is 2. The fourth-order valence-corrected chi connectivity index (χ4v) is 3.39. The van der Waals surface area contributed by atoms with E-state index >= 15 is 0 Å². The van der Waals surface area contributed by atoms with Crippen LogP contribution in [0.3, 0.4) is 0 Å². The van der Waals surface area contributed by atoms with Gasteiger partial charge in [-0.3, -0.25) is 4.79 Å². The summed E-state index contributed by atoms with van der Waals surface area (Å²) < 4.78 is 27.0. The molecule has 1 atom stereocenters. The first-order valence-electron chi connectivity index (χ1n) is 7.40. The Morgan fingerprint density at radius 3 is 2.96 bits per heavy atom. The van der Waals surface area contributed by atoms with Gasteiger partial charge >= 0.3 is 0 Å². The summed E-state index contributed by atoms with van der Waals surface area (Å²) in [7, 11) is 0. The molecule has 0 saturated carbocycles. The molecule has 1 saturated heterocycles. The molecule has 8 heteroatoms. The molecule has 1 N–H and O–H groups in total. The van der Waals surface area contributed by atoms with Crippen molar-refractivity contribution in [2.24, 2.45) is 0 Å². The third-order valence-electron chi connectivity index (χ3n) is 3.86. The maximum Gasteiger partial charge on any atom is 0.291 e. The molecule has 0 spiro atoms. The predicted molar refractivity (Wildman–Crippen MR) is 83.4 cm³/mol. The Balaban J connectivity index is 1.87. The van der Waals surface area contributed by atoms with Gasteiger partial charge in [-0.1, -0.05) is 12.1 Å². The van der Waals surface area contributed by atoms with E-state index in [2.05, 4.69) is 4.98 Å². The van der Waals surface area contributed by atoms with Crippen LogP contribution in [-0.4, -0.2) is 50.4 Å². The summed E-state index contributed by atoms with van der Waals surface area (Å²) in [5, 5.41) is 9.82. The van der Waals surface area contributed by atoms with Crippen molar-refractivity contribution in [1.82, 2.24) is 14.5 Å². The number of imidazole rings is 1. The molecule has 0 radical (unpaired) electrons. The lowest BCUT2D eigenvalue weighted by Gasteiger charge is -2.30. The average Bonchev–Trinajstić information content (AvgIpc) is 2.84. The zero-order valence-corrected chi connectivity index (χ0v) is 13.2. The van der Waals surface area contributed by atoms with E-state index < -0.39 is 11.9 Å². The van der Waals surface area contributed by atoms with E-state index in [0.29, 0.717) is 42.3 Å². The Morgan fingerprint density at radius 2 is 2.22 bits per heavy atom. The zero-order chi connectivity index (χ0) is 16.4. The summed E-state index contributed by atoms with van der Waals surface area (Å²) in [6.45, 7) is 0.824. The Morgan fingerprint density at radius 1 is 1.43 bits per heavy atom. The van der Waals surface area contributed by atoms with Gasteiger partial charge in [-0.25, -0.2) is 4.98 Å². The molecule has 0 bridgehead atoms. The number of carbonyl (C=O) groups is 1. The lowest BCUT2D eigenvalue weighted by atomic mass is 10.1. The molecule has 3 rings (SSSR count). The van der Waals surface area contributed by atoms with Crippen LogP contribution >= 0.6 is 11.8 Å². The van der Waals surface area contributed by atoms with E-state index in [1.54, 1.807) is 29.2 Å². The van der Waals surface area contributed by atoms with Crippen molar-refractivity contribution in [3.05, 3.63) is 24.3 Å². The van der Waals surface area contributed by atoms with E-state index in [9.17, 15) is 18.7 Å². The van der Waals surface area contributed by atoms with E-state index in [4.69, 9.17) is 0 Å². The number of amides is 1. The van der Waals surface area contributed by atoms with Gasteiger partial charge in [0.25, 0.3) is 5.76 Å². The molecule has 1 aliphatic heterocycles. The molecule has 1 aliphatic rings. The van der Waals surface area contributed by atoms with E-state index in [1.807, 2.05) is 0 Å². The number of hydrogen-bond acceptors (Lipinski definition) is 4. The maximum atomic E-state index is 12.8. The van der Waals surface area contributed by atoms with E-state index in [1.165, 1.54) is 4.57 Å². The molecular weight excluding hydrogens is 324 g/mol. The van der Waals surface area contributed by atoms with Gasteiger partial charge in [-0.15, -0.1) is 0 Å². The number of alkyl halides is 2. The Hall–Kier alpha value is -1.67. The lowest BCUT2D eigenvalue weighted by molar-refractivity contribution is -0.134. The summed E-state index contributed by atoms with van der Waals surface area (Å²) in [6.07, 6.45) is 0.919.